The van der Waals surface area contributed by atoms with Gasteiger partial charge in [0.05, 0.1) is 5.69 Å². The van der Waals surface area contributed by atoms with Gasteiger partial charge in [-0.05, 0) is 37.7 Å². The van der Waals surface area contributed by atoms with E-state index in [2.05, 4.69) is 22.8 Å². The van der Waals surface area contributed by atoms with E-state index in [0.717, 1.165) is 29.2 Å². The van der Waals surface area contributed by atoms with Gasteiger partial charge in [0.25, 0.3) is 0 Å². The Morgan fingerprint density at radius 3 is 2.54 bits per heavy atom. The molecule has 3 rings (SSSR count). The molecule has 1 unspecified atom stereocenters. The number of urea groups is 1. The maximum absolute atomic E-state index is 12.4. The molecule has 0 fully saturated rings. The molecule has 6 heteroatoms. The Bertz CT molecular complexity index is 752. The molecule has 1 aliphatic heterocycles. The molecule has 2 N–H and O–H groups in total. The number of carbonyl (C=O) groups excluding carboxylic acids is 1. The van der Waals surface area contributed by atoms with Gasteiger partial charge in [-0.15, -0.1) is 11.8 Å². The summed E-state index contributed by atoms with van der Waals surface area (Å²) in [5.41, 5.74) is 2.01. The number of carbonyl (C=O) groups is 1. The zero-order valence-electron chi connectivity index (χ0n) is 15.1. The van der Waals surface area contributed by atoms with Crippen LogP contribution < -0.4 is 20.1 Å². The molecule has 1 atom stereocenters. The highest BCUT2D eigenvalue weighted by molar-refractivity contribution is 7.98. The molecule has 0 aliphatic carbocycles. The summed E-state index contributed by atoms with van der Waals surface area (Å²) in [4.78, 5) is 13.3. The van der Waals surface area contributed by atoms with Gasteiger partial charge < -0.3 is 20.1 Å². The summed E-state index contributed by atoms with van der Waals surface area (Å²) in [5, 5.41) is 5.93. The second kappa shape index (κ2) is 8.85. The van der Waals surface area contributed by atoms with Gasteiger partial charge in [-0.3, -0.25) is 0 Å². The lowest BCUT2D eigenvalue weighted by Crippen LogP contribution is -2.36. The van der Waals surface area contributed by atoms with E-state index >= 15 is 0 Å². The second-order valence-electron chi connectivity index (χ2n) is 6.22. The van der Waals surface area contributed by atoms with Crippen molar-refractivity contribution in [3.8, 4) is 11.5 Å². The van der Waals surface area contributed by atoms with E-state index < -0.39 is 0 Å². The topological polar surface area (TPSA) is 59.6 Å². The number of thioether (sulfide) groups is 1. The van der Waals surface area contributed by atoms with Crippen LogP contribution in [0, 0.1) is 0 Å². The minimum Gasteiger partial charge on any atom is -0.486 e. The molecule has 2 amide bonds. The SMILES string of the molecule is CSc1cc2c(cc1NC(=O)NC(C)CCc1ccccc1)OCCO2. The first-order chi connectivity index (χ1) is 12.7. The normalized spacial score (nSPS) is 13.8. The smallest absolute Gasteiger partial charge is 0.319 e. The van der Waals surface area contributed by atoms with Gasteiger partial charge in [0.1, 0.15) is 13.2 Å². The van der Waals surface area contributed by atoms with Crippen molar-refractivity contribution in [2.75, 3.05) is 24.8 Å². The van der Waals surface area contributed by atoms with Gasteiger partial charge in [-0.2, -0.15) is 0 Å². The van der Waals surface area contributed by atoms with E-state index in [4.69, 9.17) is 9.47 Å². The van der Waals surface area contributed by atoms with E-state index in [0.29, 0.717) is 19.0 Å². The van der Waals surface area contributed by atoms with Crippen LogP contribution in [0.25, 0.3) is 0 Å². The number of hydrogen-bond donors (Lipinski definition) is 2. The lowest BCUT2D eigenvalue weighted by atomic mass is 10.1. The lowest BCUT2D eigenvalue weighted by molar-refractivity contribution is 0.171. The van der Waals surface area contributed by atoms with Crippen molar-refractivity contribution in [1.82, 2.24) is 5.32 Å². The third-order valence-electron chi connectivity index (χ3n) is 4.20. The Morgan fingerprint density at radius 2 is 1.85 bits per heavy atom. The molecule has 1 heterocycles. The quantitative estimate of drug-likeness (QED) is 0.741. The van der Waals surface area contributed by atoms with E-state index in [1.54, 1.807) is 11.8 Å². The molecule has 138 valence electrons. The van der Waals surface area contributed by atoms with E-state index in [9.17, 15) is 4.79 Å². The highest BCUT2D eigenvalue weighted by Crippen LogP contribution is 2.39. The van der Waals surface area contributed by atoms with Crippen LogP contribution in [0.2, 0.25) is 0 Å². The number of benzene rings is 2. The predicted octanol–water partition coefficient (Wildman–Crippen LogP) is 4.32. The van der Waals surface area contributed by atoms with Crippen LogP contribution in [0.15, 0.2) is 47.4 Å². The molecule has 0 saturated carbocycles. The molecule has 26 heavy (non-hydrogen) atoms. The van der Waals surface area contributed by atoms with Crippen molar-refractivity contribution < 1.29 is 14.3 Å². The Balaban J connectivity index is 1.57. The fraction of sp³-hybridized carbons (Fsp3) is 0.350. The summed E-state index contributed by atoms with van der Waals surface area (Å²) < 4.78 is 11.2. The lowest BCUT2D eigenvalue weighted by Gasteiger charge is -2.21. The predicted molar refractivity (Wildman–Crippen MR) is 106 cm³/mol. The minimum atomic E-state index is -0.211. The average molecular weight is 372 g/mol. The number of fused-ring (bicyclic) bond motifs is 1. The molecule has 2 aromatic rings. The van der Waals surface area contributed by atoms with Crippen molar-refractivity contribution in [3.05, 3.63) is 48.0 Å². The number of nitrogens with one attached hydrogen (secondary N) is 2. The van der Waals surface area contributed by atoms with Crippen LogP contribution in [0.3, 0.4) is 0 Å². The van der Waals surface area contributed by atoms with E-state index in [-0.39, 0.29) is 12.1 Å². The van der Waals surface area contributed by atoms with E-state index in [1.165, 1.54) is 5.56 Å². The first kappa shape index (κ1) is 18.5. The van der Waals surface area contributed by atoms with Crippen molar-refractivity contribution in [2.24, 2.45) is 0 Å². The molecule has 0 radical (unpaired) electrons. The second-order valence-corrected chi connectivity index (χ2v) is 7.07. The number of ether oxygens (including phenoxy) is 2. The summed E-state index contributed by atoms with van der Waals surface area (Å²) in [7, 11) is 0. The Labute approximate surface area is 158 Å². The van der Waals surface area contributed by atoms with Crippen LogP contribution in [0.4, 0.5) is 10.5 Å². The standard InChI is InChI=1S/C20H24N2O3S/c1-14(8-9-15-6-4-3-5-7-15)21-20(23)22-16-12-17-18(13-19(16)26-2)25-11-10-24-17/h3-7,12-14H,8-11H2,1-2H3,(H2,21,22,23). The van der Waals surface area contributed by atoms with Crippen molar-refractivity contribution >= 4 is 23.5 Å². The molecule has 0 spiro atoms. The average Bonchev–Trinajstić information content (AvgIpc) is 2.66. The number of aryl methyl sites for hydroxylation is 1. The van der Waals surface area contributed by atoms with Gasteiger partial charge in [-0.25, -0.2) is 4.79 Å². The molecule has 0 saturated heterocycles. The van der Waals surface area contributed by atoms with Crippen molar-refractivity contribution in [1.29, 1.82) is 0 Å². The van der Waals surface area contributed by atoms with Gasteiger partial charge >= 0.3 is 6.03 Å². The summed E-state index contributed by atoms with van der Waals surface area (Å²) in [6, 6.07) is 13.9. The molecule has 0 bridgehead atoms. The summed E-state index contributed by atoms with van der Waals surface area (Å²) >= 11 is 1.56. The summed E-state index contributed by atoms with van der Waals surface area (Å²) in [6.07, 6.45) is 3.79. The molecule has 2 aromatic carbocycles. The van der Waals surface area contributed by atoms with Gasteiger partial charge in [0.15, 0.2) is 11.5 Å². The van der Waals surface area contributed by atoms with E-state index in [1.807, 2.05) is 43.5 Å². The highest BCUT2D eigenvalue weighted by Gasteiger charge is 2.17. The maximum atomic E-state index is 12.4. The molecule has 0 aromatic heterocycles. The zero-order valence-corrected chi connectivity index (χ0v) is 15.9. The van der Waals surface area contributed by atoms with Crippen LogP contribution in [0.5, 0.6) is 11.5 Å². The Morgan fingerprint density at radius 1 is 1.15 bits per heavy atom. The number of anilines is 1. The number of hydrogen-bond acceptors (Lipinski definition) is 4. The molecule has 1 aliphatic rings. The van der Waals surface area contributed by atoms with Gasteiger partial charge in [0, 0.05) is 17.0 Å². The number of rotatable bonds is 6. The minimum absolute atomic E-state index is 0.0742. The van der Waals surface area contributed by atoms with Crippen LogP contribution in [0.1, 0.15) is 18.9 Å². The monoisotopic (exact) mass is 372 g/mol. The van der Waals surface area contributed by atoms with Crippen molar-refractivity contribution in [3.63, 3.8) is 0 Å². The Kier molecular flexibility index (Phi) is 6.28. The zero-order chi connectivity index (χ0) is 18.4. The van der Waals surface area contributed by atoms with Gasteiger partial charge in [0.2, 0.25) is 0 Å². The summed E-state index contributed by atoms with van der Waals surface area (Å²) in [6.45, 7) is 3.09. The fourth-order valence-electron chi connectivity index (χ4n) is 2.82. The van der Waals surface area contributed by atoms with Gasteiger partial charge in [-0.1, -0.05) is 30.3 Å². The maximum Gasteiger partial charge on any atom is 0.319 e. The summed E-state index contributed by atoms with van der Waals surface area (Å²) in [5.74, 6) is 1.39. The molecular formula is C20H24N2O3S. The third kappa shape index (κ3) is 4.85. The molecule has 5 nitrogen and oxygen atoms in total. The highest BCUT2D eigenvalue weighted by atomic mass is 32.2. The largest absolute Gasteiger partial charge is 0.486 e. The first-order valence-electron chi connectivity index (χ1n) is 8.75. The fourth-order valence-corrected chi connectivity index (χ4v) is 3.37. The number of amides is 2. The third-order valence-corrected chi connectivity index (χ3v) is 4.98. The van der Waals surface area contributed by atoms with Crippen LogP contribution in [-0.4, -0.2) is 31.5 Å². The van der Waals surface area contributed by atoms with Crippen LogP contribution in [-0.2, 0) is 6.42 Å². The first-order valence-corrected chi connectivity index (χ1v) is 9.97. The van der Waals surface area contributed by atoms with Crippen molar-refractivity contribution in [2.45, 2.75) is 30.7 Å². The molecular weight excluding hydrogens is 348 g/mol. The van der Waals surface area contributed by atoms with Crippen LogP contribution >= 0.6 is 11.8 Å². The Hall–Kier alpha value is -2.34.